The van der Waals surface area contributed by atoms with Crippen LogP contribution in [0.4, 0.5) is 5.69 Å². The largest absolute Gasteiger partial charge is 0.325 e. The molecule has 0 aliphatic rings. The molecule has 0 atom stereocenters. The molecule has 1 aromatic heterocycles. The Hall–Kier alpha value is -2.29. The van der Waals surface area contributed by atoms with Crippen molar-refractivity contribution in [2.45, 2.75) is 18.7 Å². The number of likely N-dealkylation sites (N-methyl/N-ethyl adjacent to an activating group) is 1. The van der Waals surface area contributed by atoms with Crippen molar-refractivity contribution >= 4 is 43.2 Å². The van der Waals surface area contributed by atoms with Gasteiger partial charge < -0.3 is 5.32 Å². The fourth-order valence-corrected chi connectivity index (χ4v) is 4.65. The first-order valence-corrected chi connectivity index (χ1v) is 10.2. The number of sulfonamides is 1. The standard InChI is InChI=1S/C18H19N3O3S2/c1-12-6-4-5-7-15(12)20-18(22)11-21(3)26(23,24)14-8-9-16-17(10-14)25-13(2)19-16/h4-10H,11H2,1-3H3,(H,20,22). The fourth-order valence-electron chi connectivity index (χ4n) is 2.55. The minimum atomic E-state index is -3.77. The van der Waals surface area contributed by atoms with E-state index >= 15 is 0 Å². The van der Waals surface area contributed by atoms with Crippen LogP contribution >= 0.6 is 11.3 Å². The molecule has 2 aromatic carbocycles. The summed E-state index contributed by atoms with van der Waals surface area (Å²) in [6.45, 7) is 3.49. The second-order valence-corrected chi connectivity index (χ2v) is 9.27. The van der Waals surface area contributed by atoms with Crippen molar-refractivity contribution in [3.05, 3.63) is 53.0 Å². The zero-order chi connectivity index (χ0) is 18.9. The number of benzene rings is 2. The highest BCUT2D eigenvalue weighted by Gasteiger charge is 2.23. The number of aromatic nitrogens is 1. The number of carbonyl (C=O) groups is 1. The van der Waals surface area contributed by atoms with Crippen molar-refractivity contribution in [1.82, 2.24) is 9.29 Å². The molecule has 0 bridgehead atoms. The third kappa shape index (κ3) is 3.77. The molecular weight excluding hydrogens is 370 g/mol. The summed E-state index contributed by atoms with van der Waals surface area (Å²) in [6.07, 6.45) is 0. The van der Waals surface area contributed by atoms with Crippen LogP contribution in [0.2, 0.25) is 0 Å². The second kappa shape index (κ2) is 7.14. The highest BCUT2D eigenvalue weighted by molar-refractivity contribution is 7.89. The van der Waals surface area contributed by atoms with Gasteiger partial charge >= 0.3 is 0 Å². The molecule has 0 saturated carbocycles. The average molecular weight is 390 g/mol. The SMILES string of the molecule is Cc1nc2ccc(S(=O)(=O)N(C)CC(=O)Nc3ccccc3C)cc2s1. The molecule has 0 aliphatic carbocycles. The molecule has 1 amide bonds. The number of para-hydroxylation sites is 1. The van der Waals surface area contributed by atoms with Gasteiger partial charge in [0.25, 0.3) is 0 Å². The van der Waals surface area contributed by atoms with Crippen LogP contribution in [0.3, 0.4) is 0 Å². The van der Waals surface area contributed by atoms with Gasteiger partial charge in [-0.2, -0.15) is 4.31 Å². The lowest BCUT2D eigenvalue weighted by atomic mass is 10.2. The Bertz CT molecular complexity index is 1070. The molecule has 0 fully saturated rings. The molecule has 3 aromatic rings. The van der Waals surface area contributed by atoms with Gasteiger partial charge in [-0.15, -0.1) is 11.3 Å². The quantitative estimate of drug-likeness (QED) is 0.727. The Morgan fingerprint density at radius 3 is 2.65 bits per heavy atom. The van der Waals surface area contributed by atoms with Crippen LogP contribution < -0.4 is 5.32 Å². The van der Waals surface area contributed by atoms with Gasteiger partial charge in [-0.3, -0.25) is 4.79 Å². The van der Waals surface area contributed by atoms with E-state index in [0.29, 0.717) is 5.69 Å². The van der Waals surface area contributed by atoms with Crippen molar-refractivity contribution in [2.24, 2.45) is 0 Å². The molecule has 0 unspecified atom stereocenters. The van der Waals surface area contributed by atoms with Crippen molar-refractivity contribution in [1.29, 1.82) is 0 Å². The van der Waals surface area contributed by atoms with E-state index < -0.39 is 10.0 Å². The van der Waals surface area contributed by atoms with E-state index in [-0.39, 0.29) is 17.3 Å². The molecule has 26 heavy (non-hydrogen) atoms. The normalized spacial score (nSPS) is 11.8. The van der Waals surface area contributed by atoms with Crippen molar-refractivity contribution in [2.75, 3.05) is 18.9 Å². The molecule has 6 nitrogen and oxygen atoms in total. The van der Waals surface area contributed by atoms with Gasteiger partial charge in [-0.25, -0.2) is 13.4 Å². The topological polar surface area (TPSA) is 79.4 Å². The summed E-state index contributed by atoms with van der Waals surface area (Å²) >= 11 is 1.44. The number of aryl methyl sites for hydroxylation is 2. The van der Waals surface area contributed by atoms with Crippen LogP contribution in [-0.2, 0) is 14.8 Å². The number of nitrogens with one attached hydrogen (secondary N) is 1. The van der Waals surface area contributed by atoms with Crippen LogP contribution in [0.15, 0.2) is 47.4 Å². The lowest BCUT2D eigenvalue weighted by molar-refractivity contribution is -0.116. The van der Waals surface area contributed by atoms with Gasteiger partial charge in [0.15, 0.2) is 0 Å². The summed E-state index contributed by atoms with van der Waals surface area (Å²) in [5.74, 6) is -0.389. The molecule has 0 spiro atoms. The maximum absolute atomic E-state index is 12.8. The zero-order valence-electron chi connectivity index (χ0n) is 14.7. The van der Waals surface area contributed by atoms with Crippen LogP contribution in [0.1, 0.15) is 10.6 Å². The van der Waals surface area contributed by atoms with Crippen LogP contribution in [0.25, 0.3) is 10.2 Å². The van der Waals surface area contributed by atoms with Crippen molar-refractivity contribution in [3.63, 3.8) is 0 Å². The first-order chi connectivity index (χ1) is 12.3. The van der Waals surface area contributed by atoms with E-state index in [0.717, 1.165) is 25.1 Å². The molecule has 3 rings (SSSR count). The predicted octanol–water partition coefficient (Wildman–Crippen LogP) is 3.17. The van der Waals surface area contributed by atoms with E-state index in [4.69, 9.17) is 0 Å². The minimum Gasteiger partial charge on any atom is -0.325 e. The number of carbonyl (C=O) groups excluding carboxylic acids is 1. The van der Waals surface area contributed by atoms with E-state index in [1.165, 1.54) is 24.5 Å². The first kappa shape index (κ1) is 18.5. The number of thiazole rings is 1. The van der Waals surface area contributed by atoms with Gasteiger partial charge in [0, 0.05) is 12.7 Å². The third-order valence-electron chi connectivity index (χ3n) is 3.96. The van der Waals surface area contributed by atoms with E-state index in [9.17, 15) is 13.2 Å². The van der Waals surface area contributed by atoms with Gasteiger partial charge in [0.1, 0.15) is 0 Å². The Morgan fingerprint density at radius 2 is 1.92 bits per heavy atom. The summed E-state index contributed by atoms with van der Waals surface area (Å²) in [5.41, 5.74) is 2.36. The molecule has 136 valence electrons. The lowest BCUT2D eigenvalue weighted by Gasteiger charge is -2.17. The Balaban J connectivity index is 1.77. The highest BCUT2D eigenvalue weighted by Crippen LogP contribution is 2.26. The Kier molecular flexibility index (Phi) is 5.08. The number of rotatable bonds is 5. The molecule has 0 radical (unpaired) electrons. The number of fused-ring (bicyclic) bond motifs is 1. The maximum atomic E-state index is 12.8. The maximum Gasteiger partial charge on any atom is 0.243 e. The van der Waals surface area contributed by atoms with Gasteiger partial charge in [-0.05, 0) is 43.7 Å². The summed E-state index contributed by atoms with van der Waals surface area (Å²) in [6, 6.07) is 12.2. The second-order valence-electron chi connectivity index (χ2n) is 5.99. The molecule has 1 N–H and O–H groups in total. The predicted molar refractivity (Wildman–Crippen MR) is 104 cm³/mol. The van der Waals surface area contributed by atoms with Crippen molar-refractivity contribution < 1.29 is 13.2 Å². The first-order valence-electron chi connectivity index (χ1n) is 7.96. The number of hydrogen-bond acceptors (Lipinski definition) is 5. The summed E-state index contributed by atoms with van der Waals surface area (Å²) in [4.78, 5) is 16.7. The molecular formula is C18H19N3O3S2. The summed E-state index contributed by atoms with van der Waals surface area (Å²) in [5, 5.41) is 3.62. The molecule has 1 heterocycles. The Morgan fingerprint density at radius 1 is 1.19 bits per heavy atom. The third-order valence-corrected chi connectivity index (χ3v) is 6.69. The minimum absolute atomic E-state index is 0.153. The molecule has 8 heteroatoms. The van der Waals surface area contributed by atoms with Gasteiger partial charge in [0.05, 0.1) is 26.7 Å². The van der Waals surface area contributed by atoms with E-state index in [2.05, 4.69) is 10.3 Å². The van der Waals surface area contributed by atoms with Crippen LogP contribution in [0.5, 0.6) is 0 Å². The monoisotopic (exact) mass is 389 g/mol. The van der Waals surface area contributed by atoms with Crippen molar-refractivity contribution in [3.8, 4) is 0 Å². The van der Waals surface area contributed by atoms with Gasteiger partial charge in [-0.1, -0.05) is 18.2 Å². The zero-order valence-corrected chi connectivity index (χ0v) is 16.3. The number of amides is 1. The van der Waals surface area contributed by atoms with Crippen LogP contribution in [0, 0.1) is 13.8 Å². The van der Waals surface area contributed by atoms with Gasteiger partial charge in [0.2, 0.25) is 15.9 Å². The number of nitrogens with zero attached hydrogens (tertiary/aromatic N) is 2. The Labute approximate surface area is 156 Å². The van der Waals surface area contributed by atoms with E-state index in [1.54, 1.807) is 18.2 Å². The fraction of sp³-hybridized carbons (Fsp3) is 0.222. The van der Waals surface area contributed by atoms with E-state index in [1.807, 2.05) is 32.0 Å². The molecule has 0 aliphatic heterocycles. The average Bonchev–Trinajstić information content (AvgIpc) is 2.96. The molecule has 0 saturated heterocycles. The smallest absolute Gasteiger partial charge is 0.243 e. The van der Waals surface area contributed by atoms with Crippen LogP contribution in [-0.4, -0.2) is 37.2 Å². The lowest BCUT2D eigenvalue weighted by Crippen LogP contribution is -2.35. The summed E-state index contributed by atoms with van der Waals surface area (Å²) in [7, 11) is -2.37. The highest BCUT2D eigenvalue weighted by atomic mass is 32.2. The number of hydrogen-bond donors (Lipinski definition) is 1. The summed E-state index contributed by atoms with van der Waals surface area (Å²) < 4.78 is 27.4. The number of anilines is 1.